The number of hydrogen-bond donors (Lipinski definition) is 1. The zero-order valence-corrected chi connectivity index (χ0v) is 14.8. The quantitative estimate of drug-likeness (QED) is 0.721. The molecule has 2 aromatic rings. The van der Waals surface area contributed by atoms with Crippen molar-refractivity contribution in [2.45, 2.75) is 23.3 Å². The Kier molecular flexibility index (Phi) is 6.77. The predicted molar refractivity (Wildman–Crippen MR) is 93.0 cm³/mol. The van der Waals surface area contributed by atoms with Crippen LogP contribution < -0.4 is 5.32 Å². The van der Waals surface area contributed by atoms with Crippen LogP contribution in [0.2, 0.25) is 0 Å². The van der Waals surface area contributed by atoms with Crippen LogP contribution >= 0.6 is 27.7 Å². The van der Waals surface area contributed by atoms with Crippen molar-refractivity contribution in [3.8, 4) is 0 Å². The standard InChI is InChI=1S/C17H20BrNOS/c1-13-4-3-5-16(10-13)21-17-11-15(18)7-6-14(17)12-19-8-9-20-2/h3-7,10-11,19H,8-9,12H2,1-2H3. The molecule has 2 aromatic carbocycles. The van der Waals surface area contributed by atoms with Gasteiger partial charge in [-0.1, -0.05) is 51.5 Å². The fourth-order valence-electron chi connectivity index (χ4n) is 1.97. The first kappa shape index (κ1) is 16.6. The van der Waals surface area contributed by atoms with Gasteiger partial charge < -0.3 is 10.1 Å². The number of ether oxygens (including phenoxy) is 1. The Bertz CT molecular complexity index is 589. The second-order valence-corrected chi connectivity index (χ2v) is 6.87. The molecule has 0 bridgehead atoms. The molecule has 0 aliphatic heterocycles. The minimum atomic E-state index is 0.733. The molecule has 0 amide bonds. The van der Waals surface area contributed by atoms with Crippen LogP contribution in [0.1, 0.15) is 11.1 Å². The second kappa shape index (κ2) is 8.59. The third kappa shape index (κ3) is 5.47. The molecule has 2 nitrogen and oxygen atoms in total. The number of nitrogens with one attached hydrogen (secondary N) is 1. The minimum absolute atomic E-state index is 0.733. The first-order valence-electron chi connectivity index (χ1n) is 6.91. The van der Waals surface area contributed by atoms with E-state index in [4.69, 9.17) is 4.74 Å². The summed E-state index contributed by atoms with van der Waals surface area (Å²) in [6, 6.07) is 15.0. The van der Waals surface area contributed by atoms with Crippen LogP contribution in [0, 0.1) is 6.92 Å². The van der Waals surface area contributed by atoms with Gasteiger partial charge in [0.2, 0.25) is 0 Å². The maximum absolute atomic E-state index is 5.06. The van der Waals surface area contributed by atoms with E-state index in [1.165, 1.54) is 20.9 Å². The van der Waals surface area contributed by atoms with E-state index in [9.17, 15) is 0 Å². The monoisotopic (exact) mass is 365 g/mol. The molecule has 0 spiro atoms. The van der Waals surface area contributed by atoms with Crippen LogP contribution in [0.5, 0.6) is 0 Å². The molecular weight excluding hydrogens is 346 g/mol. The molecule has 21 heavy (non-hydrogen) atoms. The number of hydrogen-bond acceptors (Lipinski definition) is 3. The zero-order valence-electron chi connectivity index (χ0n) is 12.4. The lowest BCUT2D eigenvalue weighted by Crippen LogP contribution is -2.18. The number of aryl methyl sites for hydroxylation is 1. The molecule has 2 rings (SSSR count). The van der Waals surface area contributed by atoms with Crippen molar-refractivity contribution in [3.05, 3.63) is 58.1 Å². The minimum Gasteiger partial charge on any atom is -0.383 e. The summed E-state index contributed by atoms with van der Waals surface area (Å²) in [6.45, 7) is 4.57. The molecule has 0 saturated heterocycles. The van der Waals surface area contributed by atoms with E-state index in [0.29, 0.717) is 0 Å². The van der Waals surface area contributed by atoms with Crippen LogP contribution in [0.3, 0.4) is 0 Å². The van der Waals surface area contributed by atoms with Crippen molar-refractivity contribution in [2.24, 2.45) is 0 Å². The van der Waals surface area contributed by atoms with Gasteiger partial charge in [0.15, 0.2) is 0 Å². The average Bonchev–Trinajstić information content (AvgIpc) is 2.45. The highest BCUT2D eigenvalue weighted by Gasteiger charge is 2.06. The van der Waals surface area contributed by atoms with Crippen LogP contribution in [-0.4, -0.2) is 20.3 Å². The van der Waals surface area contributed by atoms with Crippen LogP contribution in [-0.2, 0) is 11.3 Å². The molecule has 1 N–H and O–H groups in total. The maximum atomic E-state index is 5.06. The predicted octanol–water partition coefficient (Wildman–Crippen LogP) is 4.64. The summed E-state index contributed by atoms with van der Waals surface area (Å²) in [6.07, 6.45) is 0. The molecular formula is C17H20BrNOS. The van der Waals surface area contributed by atoms with Gasteiger partial charge in [-0.2, -0.15) is 0 Å². The highest BCUT2D eigenvalue weighted by Crippen LogP contribution is 2.33. The first-order chi connectivity index (χ1) is 10.2. The summed E-state index contributed by atoms with van der Waals surface area (Å²) < 4.78 is 6.17. The molecule has 0 heterocycles. The molecule has 0 fully saturated rings. The van der Waals surface area contributed by atoms with E-state index in [2.05, 4.69) is 70.6 Å². The third-order valence-corrected chi connectivity index (χ3v) is 4.63. The van der Waals surface area contributed by atoms with Crippen molar-refractivity contribution in [2.75, 3.05) is 20.3 Å². The fourth-order valence-corrected chi connectivity index (χ4v) is 3.59. The Hall–Kier alpha value is -0.810. The van der Waals surface area contributed by atoms with Crippen molar-refractivity contribution in [1.29, 1.82) is 0 Å². The summed E-state index contributed by atoms with van der Waals surface area (Å²) in [4.78, 5) is 2.55. The molecule has 0 aliphatic carbocycles. The molecule has 0 aliphatic rings. The summed E-state index contributed by atoms with van der Waals surface area (Å²) >= 11 is 5.37. The van der Waals surface area contributed by atoms with Crippen molar-refractivity contribution < 1.29 is 4.74 Å². The van der Waals surface area contributed by atoms with Gasteiger partial charge in [0, 0.05) is 34.5 Å². The maximum Gasteiger partial charge on any atom is 0.0587 e. The van der Waals surface area contributed by atoms with Gasteiger partial charge in [-0.05, 0) is 36.8 Å². The third-order valence-electron chi connectivity index (χ3n) is 3.04. The lowest BCUT2D eigenvalue weighted by molar-refractivity contribution is 0.199. The van der Waals surface area contributed by atoms with Gasteiger partial charge in [0.25, 0.3) is 0 Å². The van der Waals surface area contributed by atoms with Crippen molar-refractivity contribution >= 4 is 27.7 Å². The lowest BCUT2D eigenvalue weighted by Gasteiger charge is -2.11. The number of halogens is 1. The number of rotatable bonds is 7. The smallest absolute Gasteiger partial charge is 0.0587 e. The van der Waals surface area contributed by atoms with E-state index in [1.807, 2.05) is 0 Å². The first-order valence-corrected chi connectivity index (χ1v) is 8.52. The topological polar surface area (TPSA) is 21.3 Å². The second-order valence-electron chi connectivity index (χ2n) is 4.84. The van der Waals surface area contributed by atoms with Crippen LogP contribution in [0.4, 0.5) is 0 Å². The van der Waals surface area contributed by atoms with Crippen molar-refractivity contribution in [3.63, 3.8) is 0 Å². The van der Waals surface area contributed by atoms with E-state index in [1.54, 1.807) is 18.9 Å². The van der Waals surface area contributed by atoms with E-state index in [-0.39, 0.29) is 0 Å². The van der Waals surface area contributed by atoms with Gasteiger partial charge in [0.05, 0.1) is 6.61 Å². The fraction of sp³-hybridized carbons (Fsp3) is 0.294. The number of methoxy groups -OCH3 is 1. The van der Waals surface area contributed by atoms with Crippen LogP contribution in [0.25, 0.3) is 0 Å². The summed E-state index contributed by atoms with van der Waals surface area (Å²) in [5, 5.41) is 3.41. The molecule has 112 valence electrons. The molecule has 0 aromatic heterocycles. The van der Waals surface area contributed by atoms with Gasteiger partial charge in [0.1, 0.15) is 0 Å². The van der Waals surface area contributed by atoms with Crippen LogP contribution in [0.15, 0.2) is 56.7 Å². The Morgan fingerprint density at radius 2 is 2.05 bits per heavy atom. The van der Waals surface area contributed by atoms with Gasteiger partial charge >= 0.3 is 0 Å². The zero-order chi connectivity index (χ0) is 15.1. The average molecular weight is 366 g/mol. The van der Waals surface area contributed by atoms with Gasteiger partial charge in [-0.3, -0.25) is 0 Å². The Balaban J connectivity index is 2.11. The normalized spacial score (nSPS) is 10.8. The van der Waals surface area contributed by atoms with Gasteiger partial charge in [-0.25, -0.2) is 0 Å². The Labute approximate surface area is 139 Å². The highest BCUT2D eigenvalue weighted by atomic mass is 79.9. The SMILES string of the molecule is COCCNCc1ccc(Br)cc1Sc1cccc(C)c1. The largest absolute Gasteiger partial charge is 0.383 e. The van der Waals surface area contributed by atoms with E-state index >= 15 is 0 Å². The summed E-state index contributed by atoms with van der Waals surface area (Å²) in [5.74, 6) is 0. The molecule has 0 radical (unpaired) electrons. The molecule has 0 atom stereocenters. The Morgan fingerprint density at radius 1 is 1.19 bits per heavy atom. The van der Waals surface area contributed by atoms with Gasteiger partial charge in [-0.15, -0.1) is 0 Å². The molecule has 0 unspecified atom stereocenters. The summed E-state index contributed by atoms with van der Waals surface area (Å²) in [7, 11) is 1.72. The molecule has 0 saturated carbocycles. The lowest BCUT2D eigenvalue weighted by atomic mass is 10.2. The molecule has 4 heteroatoms. The number of benzene rings is 2. The van der Waals surface area contributed by atoms with Crippen molar-refractivity contribution in [1.82, 2.24) is 5.32 Å². The summed E-state index contributed by atoms with van der Waals surface area (Å²) in [5.41, 5.74) is 2.59. The Morgan fingerprint density at radius 3 is 2.81 bits per heavy atom. The highest BCUT2D eigenvalue weighted by molar-refractivity contribution is 9.10. The van der Waals surface area contributed by atoms with E-state index < -0.39 is 0 Å². The van der Waals surface area contributed by atoms with E-state index in [0.717, 1.165) is 24.2 Å².